The van der Waals surface area contributed by atoms with E-state index in [0.717, 1.165) is 15.7 Å². The molecule has 2 N–H and O–H groups in total. The van der Waals surface area contributed by atoms with Crippen molar-refractivity contribution in [3.05, 3.63) is 29.8 Å². The number of rotatable bonds is 6. The number of hydrogen-bond acceptors (Lipinski definition) is 4. The number of benzene rings is 1. The van der Waals surface area contributed by atoms with Crippen LogP contribution in [-0.2, 0) is 16.0 Å². The van der Waals surface area contributed by atoms with Gasteiger partial charge in [-0.2, -0.15) is 0 Å². The fourth-order valence-electron chi connectivity index (χ4n) is 2.03. The summed E-state index contributed by atoms with van der Waals surface area (Å²) in [5.74, 6) is 0.514. The van der Waals surface area contributed by atoms with Gasteiger partial charge >= 0.3 is 151 Å². The average molecular weight is 434 g/mol. The van der Waals surface area contributed by atoms with Gasteiger partial charge in [0.1, 0.15) is 0 Å². The first kappa shape index (κ1) is 20.2. The van der Waals surface area contributed by atoms with Crippen molar-refractivity contribution >= 4 is 5.97 Å². The molecule has 0 radical (unpaired) electrons. The Kier molecular flexibility index (Phi) is 7.32. The van der Waals surface area contributed by atoms with Crippen LogP contribution in [0.25, 0.3) is 0 Å². The molecule has 5 heteroatoms. The maximum atomic E-state index is 12.3. The van der Waals surface area contributed by atoms with Crippen molar-refractivity contribution in [1.29, 1.82) is 0 Å². The second-order valence-electron chi connectivity index (χ2n) is 7.60. The van der Waals surface area contributed by atoms with Crippen LogP contribution in [0.1, 0.15) is 47.1 Å². The molecule has 0 unspecified atom stereocenters. The molecule has 0 aliphatic carbocycles. The van der Waals surface area contributed by atoms with E-state index in [2.05, 4.69) is 0 Å². The second kappa shape index (κ2) is 8.33. The van der Waals surface area contributed by atoms with E-state index in [4.69, 9.17) is 13.4 Å². The number of hydrogen-bond donors (Lipinski definition) is 1. The van der Waals surface area contributed by atoms with Crippen LogP contribution < -0.4 is 30.2 Å². The first-order valence-electron chi connectivity index (χ1n) is 7.79. The Morgan fingerprint density at radius 1 is 1.09 bits per heavy atom. The Hall–Kier alpha value is -0.820. The first-order valence-corrected chi connectivity index (χ1v) is 10.6. The molecule has 0 aliphatic rings. The Morgan fingerprint density at radius 2 is 1.65 bits per heavy atom. The Balaban J connectivity index is 2.75. The Bertz CT molecular complexity index is 500. The van der Waals surface area contributed by atoms with E-state index in [1.54, 1.807) is 0 Å². The van der Waals surface area contributed by atoms with Crippen LogP contribution >= 0.6 is 0 Å². The van der Waals surface area contributed by atoms with Gasteiger partial charge in [-0.05, 0) is 0 Å². The summed E-state index contributed by atoms with van der Waals surface area (Å²) >= 11 is -0.458. The van der Waals surface area contributed by atoms with Gasteiger partial charge in [-0.3, -0.25) is 0 Å². The molecule has 132 valence electrons. The third-order valence-corrected chi connectivity index (χ3v) is 4.42. The molecule has 4 nitrogen and oxygen atoms in total. The summed E-state index contributed by atoms with van der Waals surface area (Å²) in [6.45, 7) is 11.7. The van der Waals surface area contributed by atoms with Crippen LogP contribution in [0.2, 0.25) is 0 Å². The zero-order chi connectivity index (χ0) is 17.7. The van der Waals surface area contributed by atoms with Crippen LogP contribution in [0.15, 0.2) is 24.3 Å². The van der Waals surface area contributed by atoms with Gasteiger partial charge in [0.2, 0.25) is 0 Å². The number of esters is 1. The SMILES string of the molecule is CC(C)(C)OC(=O)[C@@H](C[I-]N)Cc1ccc(OC(C)(C)C)cc1. The molecule has 0 saturated carbocycles. The fourth-order valence-corrected chi connectivity index (χ4v) is 3.31. The monoisotopic (exact) mass is 434 g/mol. The predicted octanol–water partition coefficient (Wildman–Crippen LogP) is 0.327. The summed E-state index contributed by atoms with van der Waals surface area (Å²) in [5, 5.41) is 0. The van der Waals surface area contributed by atoms with Crippen LogP contribution in [-0.4, -0.2) is 21.6 Å². The summed E-state index contributed by atoms with van der Waals surface area (Å²) in [6.07, 6.45) is 0.654. The zero-order valence-corrected chi connectivity index (χ0v) is 17.1. The van der Waals surface area contributed by atoms with Gasteiger partial charge in [0.05, 0.1) is 0 Å². The number of nitrogens with two attached hydrogens (primary N) is 1. The van der Waals surface area contributed by atoms with E-state index >= 15 is 0 Å². The van der Waals surface area contributed by atoms with Crippen molar-refractivity contribution in [2.45, 2.75) is 59.2 Å². The molecule has 1 rings (SSSR count). The van der Waals surface area contributed by atoms with Gasteiger partial charge in [0, 0.05) is 0 Å². The summed E-state index contributed by atoms with van der Waals surface area (Å²) in [4.78, 5) is 12.3. The summed E-state index contributed by atoms with van der Waals surface area (Å²) in [6, 6.07) is 7.91. The van der Waals surface area contributed by atoms with Crippen molar-refractivity contribution in [1.82, 2.24) is 0 Å². The minimum atomic E-state index is -0.466. The molecule has 0 aromatic heterocycles. The molecule has 1 atom stereocenters. The molecule has 1 aromatic rings. The molecule has 0 aliphatic heterocycles. The standard InChI is InChI=1S/C18H29INO3/c1-17(2,3)22-15-9-7-13(8-10-15)11-14(12-19-20)16(21)23-18(4,5)6/h7-10,14H,11-12,20H2,1-6H3/q-1/t14-/m1/s1. The summed E-state index contributed by atoms with van der Waals surface area (Å²) < 4.78 is 17.8. The fraction of sp³-hybridized carbons (Fsp3) is 0.611. The van der Waals surface area contributed by atoms with Gasteiger partial charge in [0.25, 0.3) is 0 Å². The van der Waals surface area contributed by atoms with Gasteiger partial charge in [-0.25, -0.2) is 0 Å². The summed E-state index contributed by atoms with van der Waals surface area (Å²) in [7, 11) is 0. The van der Waals surface area contributed by atoms with Crippen LogP contribution in [0.4, 0.5) is 0 Å². The number of ether oxygens (including phenoxy) is 2. The van der Waals surface area contributed by atoms with E-state index in [0.29, 0.717) is 6.42 Å². The van der Waals surface area contributed by atoms with Crippen molar-refractivity contribution in [2.24, 2.45) is 9.86 Å². The molecule has 0 saturated heterocycles. The van der Waals surface area contributed by atoms with Crippen molar-refractivity contribution in [3.63, 3.8) is 0 Å². The number of alkyl halides is 1. The Morgan fingerprint density at radius 3 is 2.09 bits per heavy atom. The maximum absolute atomic E-state index is 12.3. The molecular weight excluding hydrogens is 405 g/mol. The van der Waals surface area contributed by atoms with Crippen LogP contribution in [0.5, 0.6) is 5.75 Å². The number of carbonyl (C=O) groups excluding carboxylic acids is 1. The molecule has 0 bridgehead atoms. The van der Waals surface area contributed by atoms with E-state index in [1.165, 1.54) is 0 Å². The number of carbonyl (C=O) groups is 1. The molecule has 0 heterocycles. The molecule has 0 fully saturated rings. The van der Waals surface area contributed by atoms with Crippen molar-refractivity contribution in [2.75, 3.05) is 4.43 Å². The molecule has 0 amide bonds. The first-order chi connectivity index (χ1) is 10.5. The minimum absolute atomic E-state index is 0.155. The Labute approximate surface area is 150 Å². The second-order valence-corrected chi connectivity index (χ2v) is 9.36. The molecule has 23 heavy (non-hydrogen) atoms. The van der Waals surface area contributed by atoms with E-state index in [1.807, 2.05) is 65.8 Å². The van der Waals surface area contributed by atoms with Crippen molar-refractivity contribution < 1.29 is 35.7 Å². The number of halogens is 1. The van der Waals surface area contributed by atoms with Gasteiger partial charge in [-0.1, -0.05) is 0 Å². The zero-order valence-electron chi connectivity index (χ0n) is 15.0. The van der Waals surface area contributed by atoms with Crippen LogP contribution in [0.3, 0.4) is 0 Å². The molecule has 0 spiro atoms. The molecule has 1 aromatic carbocycles. The van der Waals surface area contributed by atoms with Crippen LogP contribution in [0, 0.1) is 5.92 Å². The summed E-state index contributed by atoms with van der Waals surface area (Å²) in [5.41, 5.74) is 0.414. The third kappa shape index (κ3) is 8.55. The van der Waals surface area contributed by atoms with Gasteiger partial charge in [0.15, 0.2) is 0 Å². The predicted molar refractivity (Wildman–Crippen MR) is 88.9 cm³/mol. The quantitative estimate of drug-likeness (QED) is 0.304. The van der Waals surface area contributed by atoms with E-state index < -0.39 is 27.1 Å². The average Bonchev–Trinajstić information content (AvgIpc) is 2.36. The van der Waals surface area contributed by atoms with E-state index in [-0.39, 0.29) is 17.5 Å². The van der Waals surface area contributed by atoms with E-state index in [9.17, 15) is 4.79 Å². The van der Waals surface area contributed by atoms with Crippen molar-refractivity contribution in [3.8, 4) is 5.75 Å². The third-order valence-electron chi connectivity index (χ3n) is 2.84. The topological polar surface area (TPSA) is 61.5 Å². The molecular formula is C18H29INO3-. The normalized spacial score (nSPS) is 13.7. The van der Waals surface area contributed by atoms with Gasteiger partial charge in [-0.15, -0.1) is 0 Å². The van der Waals surface area contributed by atoms with Gasteiger partial charge < -0.3 is 0 Å².